The number of esters is 1. The lowest BCUT2D eigenvalue weighted by molar-refractivity contribution is -0.147. The van der Waals surface area contributed by atoms with Crippen LogP contribution in [0.25, 0.3) is 0 Å². The Bertz CT molecular complexity index is 403. The van der Waals surface area contributed by atoms with Crippen LogP contribution < -0.4 is 5.32 Å². The molecule has 4 heteroatoms. The third-order valence-electron chi connectivity index (χ3n) is 3.21. The zero-order valence-electron chi connectivity index (χ0n) is 12.8. The van der Waals surface area contributed by atoms with Crippen molar-refractivity contribution in [3.63, 3.8) is 0 Å². The maximum absolute atomic E-state index is 12.0. The summed E-state index contributed by atoms with van der Waals surface area (Å²) in [6.07, 6.45) is 0.565. The molecule has 0 saturated heterocycles. The van der Waals surface area contributed by atoms with Crippen LogP contribution in [0.3, 0.4) is 0 Å². The molecular weight excluding hydrogens is 254 g/mol. The standard InChI is InChI=1S/C16H25NO3/c1-5-20-15(18)14(11-16(2,3)19-4)17-12-13-9-7-6-8-10-13/h6-10,14,17H,5,11-12H2,1-4H3. The summed E-state index contributed by atoms with van der Waals surface area (Å²) in [5.41, 5.74) is 0.762. The molecule has 0 aliphatic rings. The molecule has 0 aliphatic heterocycles. The van der Waals surface area contributed by atoms with Gasteiger partial charge >= 0.3 is 5.97 Å². The molecule has 0 aliphatic carbocycles. The van der Waals surface area contributed by atoms with Crippen LogP contribution in [0, 0.1) is 0 Å². The Hall–Kier alpha value is -1.39. The maximum Gasteiger partial charge on any atom is 0.323 e. The first-order chi connectivity index (χ1) is 9.48. The molecular formula is C16H25NO3. The van der Waals surface area contributed by atoms with Gasteiger partial charge in [-0.25, -0.2) is 0 Å². The molecule has 1 unspecified atom stereocenters. The van der Waals surface area contributed by atoms with E-state index in [0.717, 1.165) is 5.56 Å². The predicted molar refractivity (Wildman–Crippen MR) is 79.4 cm³/mol. The van der Waals surface area contributed by atoms with Gasteiger partial charge in [-0.05, 0) is 26.3 Å². The number of hydrogen-bond donors (Lipinski definition) is 1. The minimum atomic E-state index is -0.374. The van der Waals surface area contributed by atoms with Crippen LogP contribution in [0.4, 0.5) is 0 Å². The second-order valence-corrected chi connectivity index (χ2v) is 5.34. The van der Waals surface area contributed by atoms with Crippen molar-refractivity contribution >= 4 is 5.97 Å². The number of methoxy groups -OCH3 is 1. The first kappa shape index (κ1) is 16.7. The molecule has 0 spiro atoms. The van der Waals surface area contributed by atoms with Gasteiger partial charge in [0.05, 0.1) is 12.2 Å². The molecule has 1 rings (SSSR count). The monoisotopic (exact) mass is 279 g/mol. The molecule has 0 aromatic heterocycles. The van der Waals surface area contributed by atoms with Crippen LogP contribution in [0.2, 0.25) is 0 Å². The highest BCUT2D eigenvalue weighted by Gasteiger charge is 2.28. The van der Waals surface area contributed by atoms with Crippen molar-refractivity contribution in [1.82, 2.24) is 5.32 Å². The third kappa shape index (κ3) is 5.72. The second-order valence-electron chi connectivity index (χ2n) is 5.34. The van der Waals surface area contributed by atoms with Gasteiger partial charge in [0.2, 0.25) is 0 Å². The number of ether oxygens (including phenoxy) is 2. The van der Waals surface area contributed by atoms with Gasteiger partial charge in [-0.15, -0.1) is 0 Å². The fraction of sp³-hybridized carbons (Fsp3) is 0.562. The van der Waals surface area contributed by atoms with Crippen molar-refractivity contribution in [3.8, 4) is 0 Å². The third-order valence-corrected chi connectivity index (χ3v) is 3.21. The van der Waals surface area contributed by atoms with Crippen molar-refractivity contribution in [2.24, 2.45) is 0 Å². The lowest BCUT2D eigenvalue weighted by Gasteiger charge is -2.28. The Morgan fingerprint density at radius 3 is 2.50 bits per heavy atom. The van der Waals surface area contributed by atoms with Gasteiger partial charge in [0.1, 0.15) is 6.04 Å². The van der Waals surface area contributed by atoms with Gasteiger partial charge in [-0.3, -0.25) is 4.79 Å². The van der Waals surface area contributed by atoms with E-state index >= 15 is 0 Å². The number of carbonyl (C=O) groups excluding carboxylic acids is 1. The largest absolute Gasteiger partial charge is 0.465 e. The Kier molecular flexibility index (Phi) is 6.68. The molecule has 112 valence electrons. The van der Waals surface area contributed by atoms with Crippen LogP contribution in [0.1, 0.15) is 32.8 Å². The average molecular weight is 279 g/mol. The van der Waals surface area contributed by atoms with Gasteiger partial charge < -0.3 is 14.8 Å². The zero-order chi connectivity index (χ0) is 15.0. The van der Waals surface area contributed by atoms with E-state index in [4.69, 9.17) is 9.47 Å². The van der Waals surface area contributed by atoms with Crippen molar-refractivity contribution in [2.75, 3.05) is 13.7 Å². The summed E-state index contributed by atoms with van der Waals surface area (Å²) >= 11 is 0. The van der Waals surface area contributed by atoms with Crippen molar-refractivity contribution in [2.45, 2.75) is 45.4 Å². The predicted octanol–water partition coefficient (Wildman–Crippen LogP) is 2.52. The van der Waals surface area contributed by atoms with E-state index in [2.05, 4.69) is 5.32 Å². The highest BCUT2D eigenvalue weighted by atomic mass is 16.5. The van der Waals surface area contributed by atoms with Crippen molar-refractivity contribution in [1.29, 1.82) is 0 Å². The molecule has 0 saturated carbocycles. The van der Waals surface area contributed by atoms with Crippen molar-refractivity contribution in [3.05, 3.63) is 35.9 Å². The van der Waals surface area contributed by atoms with Crippen LogP contribution in [-0.4, -0.2) is 31.3 Å². The van der Waals surface area contributed by atoms with Crippen LogP contribution >= 0.6 is 0 Å². The van der Waals surface area contributed by atoms with Gasteiger partial charge in [0.15, 0.2) is 0 Å². The topological polar surface area (TPSA) is 47.6 Å². The molecule has 1 aromatic rings. The maximum atomic E-state index is 12.0. The molecule has 4 nitrogen and oxygen atoms in total. The van der Waals surface area contributed by atoms with E-state index in [1.165, 1.54) is 0 Å². The quantitative estimate of drug-likeness (QED) is 0.743. The Balaban J connectivity index is 2.65. The summed E-state index contributed by atoms with van der Waals surface area (Å²) in [6.45, 7) is 6.75. The Labute approximate surface area is 121 Å². The summed E-state index contributed by atoms with van der Waals surface area (Å²) in [6, 6.07) is 9.61. The second kappa shape index (κ2) is 8.02. The van der Waals surface area contributed by atoms with E-state index in [9.17, 15) is 4.79 Å². The summed E-state index contributed by atoms with van der Waals surface area (Å²) in [4.78, 5) is 12.0. The van der Waals surface area contributed by atoms with Crippen LogP contribution in [0.5, 0.6) is 0 Å². The molecule has 0 fully saturated rings. The van der Waals surface area contributed by atoms with E-state index in [-0.39, 0.29) is 17.6 Å². The Morgan fingerprint density at radius 1 is 1.30 bits per heavy atom. The van der Waals surface area contributed by atoms with E-state index in [1.54, 1.807) is 7.11 Å². The summed E-state index contributed by atoms with van der Waals surface area (Å²) in [5, 5.41) is 3.26. The lowest BCUT2D eigenvalue weighted by Crippen LogP contribution is -2.43. The highest BCUT2D eigenvalue weighted by Crippen LogP contribution is 2.17. The van der Waals surface area contributed by atoms with Gasteiger partial charge in [0.25, 0.3) is 0 Å². The molecule has 1 N–H and O–H groups in total. The number of benzene rings is 1. The summed E-state index contributed by atoms with van der Waals surface area (Å²) in [7, 11) is 1.65. The van der Waals surface area contributed by atoms with E-state index < -0.39 is 0 Å². The number of carbonyl (C=O) groups is 1. The number of rotatable bonds is 8. The molecule has 0 amide bonds. The Morgan fingerprint density at radius 2 is 1.95 bits per heavy atom. The van der Waals surface area contributed by atoms with Crippen molar-refractivity contribution < 1.29 is 14.3 Å². The normalized spacial score (nSPS) is 13.0. The molecule has 1 atom stereocenters. The average Bonchev–Trinajstić information content (AvgIpc) is 2.44. The van der Waals surface area contributed by atoms with E-state index in [1.807, 2.05) is 51.1 Å². The van der Waals surface area contributed by atoms with E-state index in [0.29, 0.717) is 19.6 Å². The minimum Gasteiger partial charge on any atom is -0.465 e. The van der Waals surface area contributed by atoms with Gasteiger partial charge in [-0.1, -0.05) is 30.3 Å². The molecule has 1 aromatic carbocycles. The summed E-state index contributed by atoms with van der Waals surface area (Å²) in [5.74, 6) is -0.228. The number of nitrogens with one attached hydrogen (secondary N) is 1. The molecule has 0 radical (unpaired) electrons. The van der Waals surface area contributed by atoms with Crippen LogP contribution in [-0.2, 0) is 20.8 Å². The molecule has 20 heavy (non-hydrogen) atoms. The first-order valence-electron chi connectivity index (χ1n) is 6.97. The zero-order valence-corrected chi connectivity index (χ0v) is 12.8. The first-order valence-corrected chi connectivity index (χ1v) is 6.97. The fourth-order valence-electron chi connectivity index (χ4n) is 1.89. The SMILES string of the molecule is CCOC(=O)C(CC(C)(C)OC)NCc1ccccc1. The van der Waals surface area contributed by atoms with Gasteiger partial charge in [-0.2, -0.15) is 0 Å². The fourth-order valence-corrected chi connectivity index (χ4v) is 1.89. The molecule has 0 bridgehead atoms. The molecule has 0 heterocycles. The van der Waals surface area contributed by atoms with Gasteiger partial charge in [0, 0.05) is 20.1 Å². The lowest BCUT2D eigenvalue weighted by atomic mass is 9.98. The highest BCUT2D eigenvalue weighted by molar-refractivity contribution is 5.75. The smallest absolute Gasteiger partial charge is 0.323 e. The minimum absolute atomic E-state index is 0.228. The number of hydrogen-bond acceptors (Lipinski definition) is 4. The van der Waals surface area contributed by atoms with Crippen LogP contribution in [0.15, 0.2) is 30.3 Å². The summed E-state index contributed by atoms with van der Waals surface area (Å²) < 4.78 is 10.5.